The average molecular weight is 470 g/mol. The van der Waals surface area contributed by atoms with Gasteiger partial charge in [-0.25, -0.2) is 13.1 Å². The van der Waals surface area contributed by atoms with Gasteiger partial charge in [-0.3, -0.25) is 0 Å². The van der Waals surface area contributed by atoms with Crippen molar-refractivity contribution in [2.45, 2.75) is 56.2 Å². The van der Waals surface area contributed by atoms with Crippen LogP contribution in [0.25, 0.3) is 0 Å². The second-order valence-electron chi connectivity index (χ2n) is 9.01. The number of alkyl halides is 1. The number of anilines is 1. The van der Waals surface area contributed by atoms with Gasteiger partial charge in [-0.1, -0.05) is 48.3 Å². The van der Waals surface area contributed by atoms with E-state index >= 15 is 4.39 Å². The van der Waals surface area contributed by atoms with Crippen LogP contribution in [0.1, 0.15) is 48.6 Å². The Labute approximate surface area is 197 Å². The molecule has 0 saturated carbocycles. The van der Waals surface area contributed by atoms with Crippen molar-refractivity contribution in [3.8, 4) is 0 Å². The van der Waals surface area contributed by atoms with E-state index in [0.29, 0.717) is 36.4 Å². The summed E-state index contributed by atoms with van der Waals surface area (Å²) in [6.07, 6.45) is 4.91. The predicted molar refractivity (Wildman–Crippen MR) is 128 cm³/mol. The van der Waals surface area contributed by atoms with Crippen LogP contribution in [0.2, 0.25) is 0 Å². The molecule has 5 rings (SSSR count). The molecule has 5 nitrogen and oxygen atoms in total. The van der Waals surface area contributed by atoms with E-state index < -0.39 is 6.17 Å². The Balaban J connectivity index is 1.24. The van der Waals surface area contributed by atoms with Crippen LogP contribution in [0, 0.1) is 5.82 Å². The van der Waals surface area contributed by atoms with E-state index in [1.165, 1.54) is 5.56 Å². The van der Waals surface area contributed by atoms with Crippen LogP contribution in [0.15, 0.2) is 61.2 Å². The quantitative estimate of drug-likeness (QED) is 0.456. The number of rotatable bonds is 5. The lowest BCUT2D eigenvalue weighted by Gasteiger charge is -2.38. The number of halogens is 2. The van der Waals surface area contributed by atoms with Crippen molar-refractivity contribution in [3.63, 3.8) is 0 Å². The standard InChI is InChI=1S/C25H29F2N5S/c1-18-7-10-25(19-5-3-2-4-6-19)33-32(18)14-20-8-9-21(13-22(20)26)30-12-11-24(23(27)15-30)31-16-28-29-17-31/h2-6,8-9,13,16-18,23-25H,7,10-12,14-15H2,1H3/t18?,23?,24-,25?/m1/s1. The first-order valence-electron chi connectivity index (χ1n) is 11.6. The highest BCUT2D eigenvalue weighted by Gasteiger charge is 2.31. The highest BCUT2D eigenvalue weighted by molar-refractivity contribution is 7.97. The maximum Gasteiger partial charge on any atom is 0.138 e. The Morgan fingerprint density at radius 1 is 1.03 bits per heavy atom. The van der Waals surface area contributed by atoms with Crippen molar-refractivity contribution in [1.82, 2.24) is 19.1 Å². The smallest absolute Gasteiger partial charge is 0.138 e. The third kappa shape index (κ3) is 4.92. The minimum Gasteiger partial charge on any atom is -0.368 e. The van der Waals surface area contributed by atoms with Crippen LogP contribution in [0.3, 0.4) is 0 Å². The van der Waals surface area contributed by atoms with E-state index in [4.69, 9.17) is 0 Å². The van der Waals surface area contributed by atoms with Crippen LogP contribution in [0.4, 0.5) is 14.5 Å². The molecule has 33 heavy (non-hydrogen) atoms. The minimum atomic E-state index is -1.06. The number of hydrogen-bond donors (Lipinski definition) is 0. The largest absolute Gasteiger partial charge is 0.368 e. The number of benzene rings is 2. The van der Waals surface area contributed by atoms with Gasteiger partial charge in [-0.2, -0.15) is 0 Å². The summed E-state index contributed by atoms with van der Waals surface area (Å²) in [5.74, 6) is -0.224. The van der Waals surface area contributed by atoms with Gasteiger partial charge < -0.3 is 9.47 Å². The van der Waals surface area contributed by atoms with Crippen molar-refractivity contribution in [1.29, 1.82) is 0 Å². The van der Waals surface area contributed by atoms with E-state index in [1.807, 2.05) is 35.0 Å². The first kappa shape index (κ1) is 22.3. The van der Waals surface area contributed by atoms with Gasteiger partial charge in [-0.05, 0) is 43.9 Å². The highest BCUT2D eigenvalue weighted by Crippen LogP contribution is 2.43. The Hall–Kier alpha value is -2.45. The molecule has 0 radical (unpaired) electrons. The number of nitrogens with zero attached hydrogens (tertiary/aromatic N) is 5. The summed E-state index contributed by atoms with van der Waals surface area (Å²) in [6, 6.07) is 16.0. The molecule has 3 unspecified atom stereocenters. The van der Waals surface area contributed by atoms with Gasteiger partial charge in [0.05, 0.1) is 12.6 Å². The lowest BCUT2D eigenvalue weighted by atomic mass is 10.0. The molecule has 3 heterocycles. The van der Waals surface area contributed by atoms with Crippen molar-refractivity contribution in [2.75, 3.05) is 18.0 Å². The molecule has 4 atom stereocenters. The zero-order valence-electron chi connectivity index (χ0n) is 18.7. The predicted octanol–water partition coefficient (Wildman–Crippen LogP) is 5.58. The Kier molecular flexibility index (Phi) is 6.64. The van der Waals surface area contributed by atoms with Crippen LogP contribution in [-0.2, 0) is 6.54 Å². The summed E-state index contributed by atoms with van der Waals surface area (Å²) in [5, 5.41) is 7.97. The first-order valence-corrected chi connectivity index (χ1v) is 12.4. The third-order valence-electron chi connectivity index (χ3n) is 6.83. The normalized spacial score (nSPS) is 26.5. The van der Waals surface area contributed by atoms with E-state index in [0.717, 1.165) is 18.5 Å². The Morgan fingerprint density at radius 3 is 2.55 bits per heavy atom. The second-order valence-corrected chi connectivity index (χ2v) is 10.3. The molecule has 0 bridgehead atoms. The number of hydrogen-bond acceptors (Lipinski definition) is 5. The lowest BCUT2D eigenvalue weighted by Crippen LogP contribution is -2.42. The molecule has 2 saturated heterocycles. The third-order valence-corrected chi connectivity index (χ3v) is 8.35. The summed E-state index contributed by atoms with van der Waals surface area (Å²) in [7, 11) is 0. The van der Waals surface area contributed by atoms with Crippen LogP contribution < -0.4 is 4.90 Å². The maximum atomic E-state index is 15.1. The second kappa shape index (κ2) is 9.81. The fraction of sp³-hybridized carbons (Fsp3) is 0.440. The van der Waals surface area contributed by atoms with Gasteiger partial charge in [0, 0.05) is 35.6 Å². The van der Waals surface area contributed by atoms with E-state index in [1.54, 1.807) is 23.3 Å². The Morgan fingerprint density at radius 2 is 1.82 bits per heavy atom. The molecule has 2 aromatic carbocycles. The summed E-state index contributed by atoms with van der Waals surface area (Å²) in [6.45, 7) is 3.67. The molecule has 0 amide bonds. The molecule has 0 N–H and O–H groups in total. The Bertz CT molecular complexity index is 1050. The molecular formula is C25H29F2N5S. The molecule has 0 aliphatic carbocycles. The molecule has 8 heteroatoms. The summed E-state index contributed by atoms with van der Waals surface area (Å²) in [4.78, 5) is 1.93. The van der Waals surface area contributed by atoms with E-state index in [9.17, 15) is 4.39 Å². The topological polar surface area (TPSA) is 37.2 Å². The zero-order chi connectivity index (χ0) is 22.8. The van der Waals surface area contributed by atoms with E-state index in [-0.39, 0.29) is 18.4 Å². The first-order chi connectivity index (χ1) is 16.1. The molecule has 174 valence electrons. The lowest BCUT2D eigenvalue weighted by molar-refractivity contribution is 0.199. The molecule has 2 fully saturated rings. The van der Waals surface area contributed by atoms with Gasteiger partial charge in [0.15, 0.2) is 0 Å². The monoisotopic (exact) mass is 469 g/mol. The summed E-state index contributed by atoms with van der Waals surface area (Å²) >= 11 is 1.82. The summed E-state index contributed by atoms with van der Waals surface area (Å²) in [5.41, 5.74) is 2.75. The van der Waals surface area contributed by atoms with Gasteiger partial charge in [0.25, 0.3) is 0 Å². The fourth-order valence-electron chi connectivity index (χ4n) is 4.82. The molecule has 2 aliphatic rings. The minimum absolute atomic E-state index is 0.224. The molecule has 3 aromatic rings. The van der Waals surface area contributed by atoms with Gasteiger partial charge in [0.2, 0.25) is 0 Å². The van der Waals surface area contributed by atoms with Crippen molar-refractivity contribution in [3.05, 3.63) is 78.1 Å². The van der Waals surface area contributed by atoms with Gasteiger partial charge in [0.1, 0.15) is 24.6 Å². The van der Waals surface area contributed by atoms with Crippen LogP contribution >= 0.6 is 11.9 Å². The molecule has 1 aromatic heterocycles. The van der Waals surface area contributed by atoms with Gasteiger partial charge >= 0.3 is 0 Å². The highest BCUT2D eigenvalue weighted by atomic mass is 32.2. The SMILES string of the molecule is CC1CCC(c2ccccc2)SN1Cc1ccc(N2CC[C@@H](n3cnnc3)C(F)C2)cc1F. The van der Waals surface area contributed by atoms with Crippen LogP contribution in [-0.4, -0.2) is 44.4 Å². The van der Waals surface area contributed by atoms with E-state index in [2.05, 4.69) is 45.7 Å². The molecule has 2 aliphatic heterocycles. The van der Waals surface area contributed by atoms with Crippen molar-refractivity contribution >= 4 is 17.6 Å². The molecule has 0 spiro atoms. The van der Waals surface area contributed by atoms with Crippen molar-refractivity contribution in [2.24, 2.45) is 0 Å². The van der Waals surface area contributed by atoms with Crippen LogP contribution in [0.5, 0.6) is 0 Å². The zero-order valence-corrected chi connectivity index (χ0v) is 19.5. The maximum absolute atomic E-state index is 15.1. The van der Waals surface area contributed by atoms with Crippen molar-refractivity contribution < 1.29 is 8.78 Å². The number of piperidine rings is 1. The fourth-order valence-corrected chi connectivity index (χ4v) is 6.19. The average Bonchev–Trinajstić information content (AvgIpc) is 3.37. The summed E-state index contributed by atoms with van der Waals surface area (Å²) < 4.78 is 34.0. The van der Waals surface area contributed by atoms with Gasteiger partial charge in [-0.15, -0.1) is 10.2 Å². The molecular weight excluding hydrogens is 440 g/mol. The number of aromatic nitrogens is 3.